The van der Waals surface area contributed by atoms with Crippen molar-refractivity contribution in [2.45, 2.75) is 6.92 Å². The number of hydrogen-bond acceptors (Lipinski definition) is 2. The maximum atomic E-state index is 11.0. The molecule has 4 nitrogen and oxygen atoms in total. The van der Waals surface area contributed by atoms with Crippen molar-refractivity contribution in [2.24, 2.45) is 0 Å². The highest BCUT2D eigenvalue weighted by Crippen LogP contribution is 2.08. The van der Waals surface area contributed by atoms with E-state index in [9.17, 15) is 4.79 Å². The van der Waals surface area contributed by atoms with Crippen molar-refractivity contribution in [3.63, 3.8) is 0 Å². The van der Waals surface area contributed by atoms with Gasteiger partial charge in [0.1, 0.15) is 5.15 Å². The molecule has 0 aromatic carbocycles. The zero-order chi connectivity index (χ0) is 9.68. The number of urea groups is 1. The predicted molar refractivity (Wildman–Crippen MR) is 51.9 cm³/mol. The van der Waals surface area contributed by atoms with E-state index in [-0.39, 0.29) is 6.03 Å². The largest absolute Gasteiger partial charge is 0.338 e. The zero-order valence-electron chi connectivity index (χ0n) is 7.17. The van der Waals surface area contributed by atoms with Crippen LogP contribution in [-0.2, 0) is 0 Å². The van der Waals surface area contributed by atoms with Crippen molar-refractivity contribution >= 4 is 23.3 Å². The van der Waals surface area contributed by atoms with Crippen LogP contribution in [0.4, 0.5) is 10.5 Å². The first-order valence-electron chi connectivity index (χ1n) is 3.88. The van der Waals surface area contributed by atoms with E-state index in [0.717, 1.165) is 0 Å². The van der Waals surface area contributed by atoms with E-state index in [1.165, 1.54) is 6.20 Å². The Bertz CT molecular complexity index is 286. The molecule has 1 aromatic rings. The summed E-state index contributed by atoms with van der Waals surface area (Å²) in [6.45, 7) is 2.44. The molecular weight excluding hydrogens is 190 g/mol. The SMILES string of the molecule is CCNC(=O)Nc1ccc(Cl)nc1. The van der Waals surface area contributed by atoms with Crippen molar-refractivity contribution in [3.05, 3.63) is 23.5 Å². The maximum Gasteiger partial charge on any atom is 0.319 e. The third-order valence-corrected chi connectivity index (χ3v) is 1.55. The monoisotopic (exact) mass is 199 g/mol. The normalized spacial score (nSPS) is 9.38. The molecule has 5 heteroatoms. The number of hydrogen-bond donors (Lipinski definition) is 2. The van der Waals surface area contributed by atoms with Crippen molar-refractivity contribution < 1.29 is 4.79 Å². The third-order valence-electron chi connectivity index (χ3n) is 1.32. The Morgan fingerprint density at radius 2 is 2.38 bits per heavy atom. The van der Waals surface area contributed by atoms with Gasteiger partial charge in [-0.2, -0.15) is 0 Å². The Morgan fingerprint density at radius 1 is 1.62 bits per heavy atom. The second-order valence-electron chi connectivity index (χ2n) is 2.35. The van der Waals surface area contributed by atoms with Gasteiger partial charge in [-0.25, -0.2) is 9.78 Å². The van der Waals surface area contributed by atoms with Crippen LogP contribution in [0, 0.1) is 0 Å². The number of anilines is 1. The van der Waals surface area contributed by atoms with Crippen molar-refractivity contribution in [1.29, 1.82) is 0 Å². The van der Waals surface area contributed by atoms with Gasteiger partial charge >= 0.3 is 6.03 Å². The maximum absolute atomic E-state index is 11.0. The van der Waals surface area contributed by atoms with E-state index >= 15 is 0 Å². The number of halogens is 1. The average Bonchev–Trinajstić information content (AvgIpc) is 2.09. The molecule has 1 heterocycles. The highest BCUT2D eigenvalue weighted by atomic mass is 35.5. The Morgan fingerprint density at radius 3 is 2.92 bits per heavy atom. The van der Waals surface area contributed by atoms with E-state index in [4.69, 9.17) is 11.6 Å². The van der Waals surface area contributed by atoms with Gasteiger partial charge in [-0.3, -0.25) is 0 Å². The van der Waals surface area contributed by atoms with E-state index in [2.05, 4.69) is 15.6 Å². The molecule has 13 heavy (non-hydrogen) atoms. The molecule has 1 aromatic heterocycles. The van der Waals surface area contributed by atoms with Crippen LogP contribution in [-0.4, -0.2) is 17.6 Å². The number of aromatic nitrogens is 1. The number of nitrogens with one attached hydrogen (secondary N) is 2. The van der Waals surface area contributed by atoms with Crippen LogP contribution in [0.5, 0.6) is 0 Å². The number of amides is 2. The van der Waals surface area contributed by atoms with Gasteiger partial charge in [0.25, 0.3) is 0 Å². The fraction of sp³-hybridized carbons (Fsp3) is 0.250. The summed E-state index contributed by atoms with van der Waals surface area (Å²) in [5.74, 6) is 0. The van der Waals surface area contributed by atoms with Crippen LogP contribution in [0.25, 0.3) is 0 Å². The minimum Gasteiger partial charge on any atom is -0.338 e. The van der Waals surface area contributed by atoms with Crippen molar-refractivity contribution in [2.75, 3.05) is 11.9 Å². The summed E-state index contributed by atoms with van der Waals surface area (Å²) >= 11 is 5.57. The van der Waals surface area contributed by atoms with Crippen LogP contribution in [0.3, 0.4) is 0 Å². The first-order valence-corrected chi connectivity index (χ1v) is 4.26. The molecule has 0 aliphatic carbocycles. The third kappa shape index (κ3) is 3.29. The van der Waals surface area contributed by atoms with Gasteiger partial charge in [0.05, 0.1) is 11.9 Å². The topological polar surface area (TPSA) is 54.0 Å². The molecule has 1 rings (SSSR count). The molecule has 2 N–H and O–H groups in total. The fourth-order valence-electron chi connectivity index (χ4n) is 0.786. The van der Waals surface area contributed by atoms with Gasteiger partial charge in [0, 0.05) is 6.54 Å². The molecule has 0 atom stereocenters. The van der Waals surface area contributed by atoms with Crippen molar-refractivity contribution in [3.8, 4) is 0 Å². The van der Waals surface area contributed by atoms with Crippen LogP contribution >= 0.6 is 11.6 Å². The molecule has 0 aliphatic heterocycles. The summed E-state index contributed by atoms with van der Waals surface area (Å²) in [4.78, 5) is 14.8. The second kappa shape index (κ2) is 4.67. The lowest BCUT2D eigenvalue weighted by molar-refractivity contribution is 0.252. The second-order valence-corrected chi connectivity index (χ2v) is 2.74. The number of carbonyl (C=O) groups is 1. The van der Waals surface area contributed by atoms with E-state index in [0.29, 0.717) is 17.4 Å². The van der Waals surface area contributed by atoms with E-state index in [1.807, 2.05) is 6.92 Å². The summed E-state index contributed by atoms with van der Waals surface area (Å²) < 4.78 is 0. The molecule has 0 saturated carbocycles. The minimum atomic E-state index is -0.244. The Kier molecular flexibility index (Phi) is 3.52. The Hall–Kier alpha value is -1.29. The molecule has 0 aliphatic rings. The smallest absolute Gasteiger partial charge is 0.319 e. The molecular formula is C8H10ClN3O. The summed E-state index contributed by atoms with van der Waals surface area (Å²) in [5, 5.41) is 5.60. The highest BCUT2D eigenvalue weighted by Gasteiger charge is 1.98. The zero-order valence-corrected chi connectivity index (χ0v) is 7.93. The van der Waals surface area contributed by atoms with Crippen LogP contribution in [0.1, 0.15) is 6.92 Å². The molecule has 0 fully saturated rings. The van der Waals surface area contributed by atoms with Gasteiger partial charge in [-0.15, -0.1) is 0 Å². The first-order chi connectivity index (χ1) is 6.22. The standard InChI is InChI=1S/C8H10ClN3O/c1-2-10-8(13)12-6-3-4-7(9)11-5-6/h3-5H,2H2,1H3,(H2,10,12,13). The van der Waals surface area contributed by atoms with E-state index < -0.39 is 0 Å². The number of rotatable bonds is 2. The number of carbonyl (C=O) groups excluding carboxylic acids is 1. The molecule has 0 radical (unpaired) electrons. The quantitative estimate of drug-likeness (QED) is 0.715. The summed E-state index contributed by atoms with van der Waals surface area (Å²) in [7, 11) is 0. The lowest BCUT2D eigenvalue weighted by atomic mass is 10.4. The molecule has 70 valence electrons. The first kappa shape index (κ1) is 9.80. The average molecular weight is 200 g/mol. The lowest BCUT2D eigenvalue weighted by Gasteiger charge is -2.04. The predicted octanol–water partition coefficient (Wildman–Crippen LogP) is 1.88. The van der Waals surface area contributed by atoms with Gasteiger partial charge < -0.3 is 10.6 Å². The Labute approximate surface area is 81.3 Å². The number of pyridine rings is 1. The molecule has 2 amide bonds. The van der Waals surface area contributed by atoms with Crippen LogP contribution < -0.4 is 10.6 Å². The number of nitrogens with zero attached hydrogens (tertiary/aromatic N) is 1. The minimum absolute atomic E-state index is 0.244. The van der Waals surface area contributed by atoms with Crippen LogP contribution in [0.15, 0.2) is 18.3 Å². The molecule has 0 bridgehead atoms. The highest BCUT2D eigenvalue weighted by molar-refractivity contribution is 6.29. The Balaban J connectivity index is 2.54. The molecule has 0 saturated heterocycles. The fourth-order valence-corrected chi connectivity index (χ4v) is 0.897. The van der Waals surface area contributed by atoms with Gasteiger partial charge in [0.2, 0.25) is 0 Å². The molecule has 0 spiro atoms. The summed E-state index contributed by atoms with van der Waals surface area (Å²) in [5.41, 5.74) is 0.621. The van der Waals surface area contributed by atoms with Gasteiger partial charge in [-0.1, -0.05) is 11.6 Å². The van der Waals surface area contributed by atoms with Gasteiger partial charge in [-0.05, 0) is 19.1 Å². The summed E-state index contributed by atoms with van der Waals surface area (Å²) in [6.07, 6.45) is 1.50. The lowest BCUT2D eigenvalue weighted by Crippen LogP contribution is -2.28. The van der Waals surface area contributed by atoms with Crippen LogP contribution in [0.2, 0.25) is 5.15 Å². The van der Waals surface area contributed by atoms with Crippen molar-refractivity contribution in [1.82, 2.24) is 10.3 Å². The van der Waals surface area contributed by atoms with E-state index in [1.54, 1.807) is 12.1 Å². The molecule has 0 unspecified atom stereocenters. The summed E-state index contributed by atoms with van der Waals surface area (Å²) in [6, 6.07) is 3.06. The van der Waals surface area contributed by atoms with Gasteiger partial charge in [0.15, 0.2) is 0 Å².